The van der Waals surface area contributed by atoms with Gasteiger partial charge in [0.15, 0.2) is 0 Å². The molecule has 1 aliphatic carbocycles. The van der Waals surface area contributed by atoms with Gasteiger partial charge in [-0.25, -0.2) is 0 Å². The maximum atomic E-state index is 8.82. The number of hydrogen-bond acceptors (Lipinski definition) is 3. The number of rotatable bonds is 5. The van der Waals surface area contributed by atoms with E-state index >= 15 is 0 Å². The number of nitrogens with one attached hydrogen (secondary N) is 1. The molecule has 0 bridgehead atoms. The van der Waals surface area contributed by atoms with Crippen molar-refractivity contribution in [3.63, 3.8) is 0 Å². The van der Waals surface area contributed by atoms with Crippen molar-refractivity contribution < 1.29 is 0 Å². The van der Waals surface area contributed by atoms with E-state index in [9.17, 15) is 0 Å². The molecule has 20 heavy (non-hydrogen) atoms. The van der Waals surface area contributed by atoms with Gasteiger partial charge in [0.25, 0.3) is 0 Å². The molecule has 3 rings (SSSR count). The molecule has 1 N–H and O–H groups in total. The van der Waals surface area contributed by atoms with Gasteiger partial charge in [-0.1, -0.05) is 17.7 Å². The van der Waals surface area contributed by atoms with E-state index in [1.165, 1.54) is 32.4 Å². The number of hydrogen-bond donors (Lipinski definition) is 1. The fourth-order valence-corrected chi connectivity index (χ4v) is 3.22. The molecule has 0 aromatic heterocycles. The van der Waals surface area contributed by atoms with Crippen molar-refractivity contribution in [2.45, 2.75) is 31.8 Å². The number of benzene rings is 1. The van der Waals surface area contributed by atoms with Gasteiger partial charge in [0, 0.05) is 24.2 Å². The van der Waals surface area contributed by atoms with Crippen molar-refractivity contribution in [1.29, 1.82) is 5.26 Å². The Morgan fingerprint density at radius 3 is 2.90 bits per heavy atom. The van der Waals surface area contributed by atoms with E-state index in [1.807, 2.05) is 12.1 Å². The van der Waals surface area contributed by atoms with Crippen molar-refractivity contribution in [1.82, 2.24) is 10.2 Å². The lowest BCUT2D eigenvalue weighted by atomic mass is 10.1. The lowest BCUT2D eigenvalue weighted by Crippen LogP contribution is -2.27. The average Bonchev–Trinajstić information content (AvgIpc) is 3.20. The molecule has 0 radical (unpaired) electrons. The Bertz CT molecular complexity index is 519. The van der Waals surface area contributed by atoms with Crippen LogP contribution >= 0.6 is 11.6 Å². The molecule has 0 amide bonds. The van der Waals surface area contributed by atoms with Crippen molar-refractivity contribution in [2.24, 2.45) is 5.92 Å². The van der Waals surface area contributed by atoms with Crippen LogP contribution in [0.4, 0.5) is 0 Å². The lowest BCUT2D eigenvalue weighted by molar-refractivity contribution is 0.312. The number of halogens is 1. The summed E-state index contributed by atoms with van der Waals surface area (Å²) in [5.74, 6) is 0.771. The molecule has 1 heterocycles. The molecule has 1 saturated carbocycles. The predicted molar refractivity (Wildman–Crippen MR) is 80.6 cm³/mol. The highest BCUT2D eigenvalue weighted by atomic mass is 35.5. The summed E-state index contributed by atoms with van der Waals surface area (Å²) >= 11 is 6.18. The van der Waals surface area contributed by atoms with Crippen LogP contribution in [0.25, 0.3) is 0 Å². The number of likely N-dealkylation sites (tertiary alicyclic amines) is 1. The first-order valence-corrected chi connectivity index (χ1v) is 7.77. The zero-order valence-electron chi connectivity index (χ0n) is 11.6. The van der Waals surface area contributed by atoms with Crippen LogP contribution in [0, 0.1) is 17.2 Å². The third-order valence-corrected chi connectivity index (χ3v) is 4.66. The minimum Gasteiger partial charge on any atom is -0.312 e. The Balaban J connectivity index is 1.44. The molecule has 1 atom stereocenters. The Morgan fingerprint density at radius 2 is 2.20 bits per heavy atom. The summed E-state index contributed by atoms with van der Waals surface area (Å²) in [4.78, 5) is 2.64. The number of nitrogens with zero attached hydrogens (tertiary/aromatic N) is 2. The van der Waals surface area contributed by atoms with Gasteiger partial charge in [-0.2, -0.15) is 5.26 Å². The van der Waals surface area contributed by atoms with E-state index in [1.54, 1.807) is 6.07 Å². The van der Waals surface area contributed by atoms with Gasteiger partial charge in [0.1, 0.15) is 0 Å². The Morgan fingerprint density at radius 1 is 1.35 bits per heavy atom. The summed E-state index contributed by atoms with van der Waals surface area (Å²) in [6.07, 6.45) is 4.12. The molecular weight excluding hydrogens is 270 g/mol. The first-order chi connectivity index (χ1) is 9.76. The monoisotopic (exact) mass is 289 g/mol. The topological polar surface area (TPSA) is 39.1 Å². The molecule has 1 saturated heterocycles. The predicted octanol–water partition coefficient (Wildman–Crippen LogP) is 2.79. The van der Waals surface area contributed by atoms with Gasteiger partial charge in [-0.05, 0) is 56.0 Å². The van der Waals surface area contributed by atoms with Crippen LogP contribution in [-0.4, -0.2) is 30.6 Å². The van der Waals surface area contributed by atoms with E-state index in [2.05, 4.69) is 16.3 Å². The first-order valence-electron chi connectivity index (χ1n) is 7.39. The van der Waals surface area contributed by atoms with Crippen LogP contribution in [0.5, 0.6) is 0 Å². The molecule has 0 spiro atoms. The summed E-state index contributed by atoms with van der Waals surface area (Å²) in [5, 5.41) is 13.0. The van der Waals surface area contributed by atoms with Crippen molar-refractivity contribution in [3.8, 4) is 6.07 Å². The molecule has 1 aliphatic heterocycles. The fourth-order valence-electron chi connectivity index (χ4n) is 2.97. The van der Waals surface area contributed by atoms with Gasteiger partial charge in [0.2, 0.25) is 0 Å². The SMILES string of the molecule is N#Cc1ccc(CNCC2CCN(C3CC3)C2)c(Cl)c1. The molecule has 3 nitrogen and oxygen atoms in total. The van der Waals surface area contributed by atoms with Crippen LogP contribution < -0.4 is 5.32 Å². The lowest BCUT2D eigenvalue weighted by Gasteiger charge is -2.15. The van der Waals surface area contributed by atoms with Crippen molar-refractivity contribution in [2.75, 3.05) is 19.6 Å². The summed E-state index contributed by atoms with van der Waals surface area (Å²) in [5.41, 5.74) is 1.69. The summed E-state index contributed by atoms with van der Waals surface area (Å²) in [6, 6.07) is 8.51. The van der Waals surface area contributed by atoms with Crippen molar-refractivity contribution in [3.05, 3.63) is 34.3 Å². The van der Waals surface area contributed by atoms with Crippen LogP contribution in [0.2, 0.25) is 5.02 Å². The Kier molecular flexibility index (Phi) is 4.26. The van der Waals surface area contributed by atoms with Crippen molar-refractivity contribution >= 4 is 11.6 Å². The average molecular weight is 290 g/mol. The summed E-state index contributed by atoms with van der Waals surface area (Å²) in [7, 11) is 0. The zero-order chi connectivity index (χ0) is 13.9. The van der Waals surface area contributed by atoms with Crippen LogP contribution in [0.1, 0.15) is 30.4 Å². The maximum absolute atomic E-state index is 8.82. The van der Waals surface area contributed by atoms with E-state index in [-0.39, 0.29) is 0 Å². The molecule has 2 fully saturated rings. The van der Waals surface area contributed by atoms with Crippen LogP contribution in [0.15, 0.2) is 18.2 Å². The van der Waals surface area contributed by atoms with Gasteiger partial charge in [-0.15, -0.1) is 0 Å². The highest BCUT2D eigenvalue weighted by Gasteiger charge is 2.33. The zero-order valence-corrected chi connectivity index (χ0v) is 12.4. The van der Waals surface area contributed by atoms with Crippen LogP contribution in [-0.2, 0) is 6.54 Å². The Hall–Kier alpha value is -1.08. The Labute approximate surface area is 125 Å². The molecule has 1 aromatic rings. The molecule has 2 aliphatic rings. The molecular formula is C16H20ClN3. The molecule has 4 heteroatoms. The molecule has 1 aromatic carbocycles. The fraction of sp³-hybridized carbons (Fsp3) is 0.562. The molecule has 106 valence electrons. The summed E-state index contributed by atoms with van der Waals surface area (Å²) in [6.45, 7) is 4.36. The quantitative estimate of drug-likeness (QED) is 0.906. The number of nitriles is 1. The van der Waals surface area contributed by atoms with E-state index < -0.39 is 0 Å². The summed E-state index contributed by atoms with van der Waals surface area (Å²) < 4.78 is 0. The third kappa shape index (κ3) is 3.32. The smallest absolute Gasteiger partial charge is 0.0992 e. The highest BCUT2D eigenvalue weighted by molar-refractivity contribution is 6.31. The minimum absolute atomic E-state index is 0.620. The minimum atomic E-state index is 0.620. The third-order valence-electron chi connectivity index (χ3n) is 4.31. The molecule has 1 unspecified atom stereocenters. The van der Waals surface area contributed by atoms with Gasteiger partial charge in [-0.3, -0.25) is 0 Å². The first kappa shape index (κ1) is 13.9. The van der Waals surface area contributed by atoms with Gasteiger partial charge >= 0.3 is 0 Å². The second-order valence-corrected chi connectivity index (χ2v) is 6.34. The second-order valence-electron chi connectivity index (χ2n) is 5.93. The van der Waals surface area contributed by atoms with E-state index in [4.69, 9.17) is 16.9 Å². The van der Waals surface area contributed by atoms with Gasteiger partial charge < -0.3 is 10.2 Å². The maximum Gasteiger partial charge on any atom is 0.0992 e. The second kappa shape index (κ2) is 6.13. The normalized spacial score (nSPS) is 22.9. The largest absolute Gasteiger partial charge is 0.312 e. The highest BCUT2D eigenvalue weighted by Crippen LogP contribution is 2.31. The van der Waals surface area contributed by atoms with E-state index in [0.29, 0.717) is 10.6 Å². The van der Waals surface area contributed by atoms with E-state index in [0.717, 1.165) is 30.6 Å². The van der Waals surface area contributed by atoms with Gasteiger partial charge in [0.05, 0.1) is 11.6 Å². The standard InChI is InChI=1S/C16H20ClN3/c17-16-7-12(8-18)1-2-14(16)10-19-9-13-5-6-20(11-13)15-3-4-15/h1-2,7,13,15,19H,3-6,9-11H2. The van der Waals surface area contributed by atoms with Crippen LogP contribution in [0.3, 0.4) is 0 Å².